The molecule has 0 amide bonds. The van der Waals surface area contributed by atoms with Crippen molar-refractivity contribution in [1.82, 2.24) is 4.90 Å². The van der Waals surface area contributed by atoms with Crippen molar-refractivity contribution < 1.29 is 0 Å². The van der Waals surface area contributed by atoms with Gasteiger partial charge in [0.15, 0.2) is 0 Å². The van der Waals surface area contributed by atoms with Crippen molar-refractivity contribution in [1.29, 1.82) is 0 Å². The van der Waals surface area contributed by atoms with Crippen molar-refractivity contribution in [2.24, 2.45) is 0 Å². The van der Waals surface area contributed by atoms with Crippen LogP contribution in [0.4, 0.5) is 0 Å². The highest BCUT2D eigenvalue weighted by Crippen LogP contribution is 2.55. The molecule has 0 spiro atoms. The zero-order valence-electron chi connectivity index (χ0n) is 15.1. The van der Waals surface area contributed by atoms with Gasteiger partial charge in [-0.3, -0.25) is 0 Å². The van der Waals surface area contributed by atoms with E-state index in [0.29, 0.717) is 0 Å². The van der Waals surface area contributed by atoms with Crippen LogP contribution in [0.2, 0.25) is 0 Å². The van der Waals surface area contributed by atoms with Gasteiger partial charge >= 0.3 is 0 Å². The molecule has 2 saturated carbocycles. The lowest BCUT2D eigenvalue weighted by atomic mass is 9.99. The standard InChI is InChI=1S/C21H34NP/c1-22(2)17-18-11-9-10-16-21(18)23(19-12-5-3-6-13-19)20-14-7-4-8-15-20/h9-11,16,19-20H,3-8,12-15,17H2,1-2H3. The molecule has 1 aromatic carbocycles. The molecule has 128 valence electrons. The van der Waals surface area contributed by atoms with Crippen molar-refractivity contribution in [3.05, 3.63) is 29.8 Å². The van der Waals surface area contributed by atoms with Gasteiger partial charge in [-0.25, -0.2) is 0 Å². The molecule has 2 heteroatoms. The Morgan fingerprint density at radius 1 is 0.826 bits per heavy atom. The monoisotopic (exact) mass is 331 g/mol. The zero-order valence-corrected chi connectivity index (χ0v) is 16.0. The second kappa shape index (κ2) is 8.63. The van der Waals surface area contributed by atoms with E-state index in [0.717, 1.165) is 17.9 Å². The Morgan fingerprint density at radius 2 is 1.35 bits per heavy atom. The molecule has 0 heterocycles. The SMILES string of the molecule is CN(C)Cc1ccccc1P(C1CCCCC1)C1CCCCC1. The van der Waals surface area contributed by atoms with E-state index in [-0.39, 0.29) is 7.92 Å². The van der Waals surface area contributed by atoms with Gasteiger partial charge in [0.25, 0.3) is 0 Å². The molecule has 1 nitrogen and oxygen atoms in total. The first-order valence-electron chi connectivity index (χ1n) is 9.76. The Bertz CT molecular complexity index is 454. The normalized spacial score (nSPS) is 21.2. The summed E-state index contributed by atoms with van der Waals surface area (Å²) in [5.74, 6) is 0. The van der Waals surface area contributed by atoms with Crippen molar-refractivity contribution in [3.63, 3.8) is 0 Å². The van der Waals surface area contributed by atoms with Crippen LogP contribution >= 0.6 is 7.92 Å². The molecule has 3 rings (SSSR count). The molecule has 1 aromatic rings. The van der Waals surface area contributed by atoms with Crippen LogP contribution in [-0.2, 0) is 6.54 Å². The average molecular weight is 331 g/mol. The Labute approximate surface area is 144 Å². The molecule has 0 atom stereocenters. The lowest BCUT2D eigenvalue weighted by molar-refractivity contribution is 0.403. The molecule has 2 fully saturated rings. The van der Waals surface area contributed by atoms with E-state index in [4.69, 9.17) is 0 Å². The Kier molecular flexibility index (Phi) is 6.54. The van der Waals surface area contributed by atoms with E-state index in [1.807, 2.05) is 0 Å². The number of hydrogen-bond acceptors (Lipinski definition) is 1. The first-order valence-corrected chi connectivity index (χ1v) is 11.2. The molecule has 0 radical (unpaired) electrons. The lowest BCUT2D eigenvalue weighted by Gasteiger charge is -2.39. The highest BCUT2D eigenvalue weighted by atomic mass is 31.1. The van der Waals surface area contributed by atoms with Crippen LogP contribution in [-0.4, -0.2) is 30.3 Å². The molecule has 0 N–H and O–H groups in total. The Morgan fingerprint density at radius 3 is 1.87 bits per heavy atom. The lowest BCUT2D eigenvalue weighted by Crippen LogP contribution is -2.29. The third-order valence-electron chi connectivity index (χ3n) is 5.69. The quantitative estimate of drug-likeness (QED) is 0.642. The van der Waals surface area contributed by atoms with E-state index in [1.54, 1.807) is 10.9 Å². The van der Waals surface area contributed by atoms with E-state index in [2.05, 4.69) is 43.3 Å². The number of rotatable bonds is 5. The minimum atomic E-state index is 0.0298. The topological polar surface area (TPSA) is 3.24 Å². The second-order valence-electron chi connectivity index (χ2n) is 7.86. The van der Waals surface area contributed by atoms with Gasteiger partial charge in [0.2, 0.25) is 0 Å². The molecule has 2 aliphatic rings. The Balaban J connectivity index is 1.90. The van der Waals surface area contributed by atoms with Crippen LogP contribution < -0.4 is 5.30 Å². The van der Waals surface area contributed by atoms with Gasteiger partial charge in [0.05, 0.1) is 0 Å². The molecule has 2 aliphatic carbocycles. The first kappa shape index (κ1) is 17.4. The first-order chi connectivity index (χ1) is 11.3. The maximum absolute atomic E-state index is 2.49. The van der Waals surface area contributed by atoms with Gasteiger partial charge in [-0.1, -0.05) is 70.7 Å². The summed E-state index contributed by atoms with van der Waals surface area (Å²) in [6.45, 7) is 1.11. The van der Waals surface area contributed by atoms with Crippen LogP contribution in [0.25, 0.3) is 0 Å². The van der Waals surface area contributed by atoms with Gasteiger partial charge in [0.1, 0.15) is 0 Å². The van der Waals surface area contributed by atoms with Gasteiger partial charge in [-0.2, -0.15) is 0 Å². The maximum atomic E-state index is 2.49. The van der Waals surface area contributed by atoms with Gasteiger partial charge in [-0.05, 0) is 62.0 Å². The largest absolute Gasteiger partial charge is 0.305 e. The van der Waals surface area contributed by atoms with E-state index in [1.165, 1.54) is 64.2 Å². The predicted octanol–water partition coefficient (Wildman–Crippen LogP) is 5.52. The van der Waals surface area contributed by atoms with Gasteiger partial charge < -0.3 is 4.90 Å². The van der Waals surface area contributed by atoms with Crippen molar-refractivity contribution in [3.8, 4) is 0 Å². The van der Waals surface area contributed by atoms with Crippen LogP contribution in [0, 0.1) is 0 Å². The highest BCUT2D eigenvalue weighted by Gasteiger charge is 2.33. The molecule has 0 saturated heterocycles. The van der Waals surface area contributed by atoms with Crippen LogP contribution in [0.15, 0.2) is 24.3 Å². The summed E-state index contributed by atoms with van der Waals surface area (Å²) in [5.41, 5.74) is 3.62. The third-order valence-corrected chi connectivity index (χ3v) is 9.29. The van der Waals surface area contributed by atoms with Crippen LogP contribution in [0.5, 0.6) is 0 Å². The zero-order chi connectivity index (χ0) is 16.1. The molecule has 0 unspecified atom stereocenters. The van der Waals surface area contributed by atoms with Crippen LogP contribution in [0.1, 0.15) is 69.8 Å². The van der Waals surface area contributed by atoms with Crippen molar-refractivity contribution in [2.45, 2.75) is 82.1 Å². The fraction of sp³-hybridized carbons (Fsp3) is 0.714. The number of hydrogen-bond donors (Lipinski definition) is 0. The average Bonchev–Trinajstić information content (AvgIpc) is 2.58. The van der Waals surface area contributed by atoms with Gasteiger partial charge in [0, 0.05) is 6.54 Å². The van der Waals surface area contributed by atoms with Crippen LogP contribution in [0.3, 0.4) is 0 Å². The summed E-state index contributed by atoms with van der Waals surface area (Å²) in [6, 6.07) is 9.44. The summed E-state index contributed by atoms with van der Waals surface area (Å²) < 4.78 is 0. The maximum Gasteiger partial charge on any atom is 0.0233 e. The molecular formula is C21H34NP. The third kappa shape index (κ3) is 4.58. The molecule has 0 aromatic heterocycles. The van der Waals surface area contributed by atoms with Crippen molar-refractivity contribution in [2.75, 3.05) is 14.1 Å². The highest BCUT2D eigenvalue weighted by molar-refractivity contribution is 7.67. The summed E-state index contributed by atoms with van der Waals surface area (Å²) in [4.78, 5) is 2.34. The molecule has 0 bridgehead atoms. The number of nitrogens with zero attached hydrogens (tertiary/aromatic N) is 1. The summed E-state index contributed by atoms with van der Waals surface area (Å²) in [6.07, 6.45) is 14.9. The number of benzene rings is 1. The molecule has 23 heavy (non-hydrogen) atoms. The smallest absolute Gasteiger partial charge is 0.0233 e. The van der Waals surface area contributed by atoms with Crippen molar-refractivity contribution >= 4 is 13.2 Å². The fourth-order valence-corrected chi connectivity index (χ4v) is 8.61. The Hall–Kier alpha value is -0.390. The van der Waals surface area contributed by atoms with E-state index < -0.39 is 0 Å². The minimum absolute atomic E-state index is 0.0298. The minimum Gasteiger partial charge on any atom is -0.305 e. The second-order valence-corrected chi connectivity index (χ2v) is 10.6. The summed E-state index contributed by atoms with van der Waals surface area (Å²) in [5, 5.41) is 1.76. The van der Waals surface area contributed by atoms with E-state index in [9.17, 15) is 0 Å². The fourth-order valence-electron chi connectivity index (χ4n) is 4.65. The molecule has 0 aliphatic heterocycles. The summed E-state index contributed by atoms with van der Waals surface area (Å²) in [7, 11) is 4.45. The predicted molar refractivity (Wildman–Crippen MR) is 104 cm³/mol. The summed E-state index contributed by atoms with van der Waals surface area (Å²) >= 11 is 0. The van der Waals surface area contributed by atoms with E-state index >= 15 is 0 Å². The van der Waals surface area contributed by atoms with Gasteiger partial charge in [-0.15, -0.1) is 0 Å². The molecular weight excluding hydrogens is 297 g/mol.